The molecule has 1 nitrogen and oxygen atoms in total. The summed E-state index contributed by atoms with van der Waals surface area (Å²) in [7, 11) is 0. The zero-order valence-corrected chi connectivity index (χ0v) is 18.9. The van der Waals surface area contributed by atoms with E-state index in [1.54, 1.807) is 16.7 Å². The summed E-state index contributed by atoms with van der Waals surface area (Å²) in [5.74, 6) is 1.83. The molecule has 0 radical (unpaired) electrons. The Balaban J connectivity index is 1.25. The third-order valence-electron chi connectivity index (χ3n) is 9.31. The van der Waals surface area contributed by atoms with Crippen LogP contribution in [0.3, 0.4) is 0 Å². The Hall–Kier alpha value is -1.31. The molecule has 2 heteroatoms. The van der Waals surface area contributed by atoms with Crippen molar-refractivity contribution < 1.29 is 0 Å². The second kappa shape index (κ2) is 7.10. The number of fused-ring (bicyclic) bond motifs is 1. The number of aryl methyl sites for hydroxylation is 1. The van der Waals surface area contributed by atoms with E-state index in [1.807, 2.05) is 0 Å². The lowest BCUT2D eigenvalue weighted by molar-refractivity contribution is -0.0897. The standard InChI is InChI=1S/C28H34ClN/c1-19(30-26-11-6-22-4-2-3-5-23(22)13-26)27-14-20-12-21(15-27)17-28(16-20,18-27)24-7-9-25(29)10-8-24/h2-5,7-10,19-21,26,30H,6,11-18H2,1H3/t19-,20+,21+,26-,27?,28?/m1/s1. The first-order chi connectivity index (χ1) is 14.5. The number of hydrogen-bond acceptors (Lipinski definition) is 1. The largest absolute Gasteiger partial charge is 0.311 e. The van der Waals surface area contributed by atoms with Gasteiger partial charge < -0.3 is 5.32 Å². The van der Waals surface area contributed by atoms with Crippen LogP contribution >= 0.6 is 11.6 Å². The normalized spacial score (nSPS) is 37.7. The molecule has 5 aliphatic rings. The molecule has 0 aromatic heterocycles. The predicted octanol–water partition coefficient (Wildman–Crippen LogP) is 6.71. The summed E-state index contributed by atoms with van der Waals surface area (Å²) < 4.78 is 0. The van der Waals surface area contributed by atoms with Crippen molar-refractivity contribution in [3.63, 3.8) is 0 Å². The molecular weight excluding hydrogens is 386 g/mol. The first-order valence-corrected chi connectivity index (χ1v) is 12.5. The SMILES string of the molecule is C[C@@H](N[C@@H]1CCc2ccccc2C1)C12C[C@@H]3C[C@H](CC(c4ccc(Cl)cc4)(C3)C1)C2. The molecule has 4 fully saturated rings. The number of nitrogens with one attached hydrogen (secondary N) is 1. The van der Waals surface area contributed by atoms with E-state index in [9.17, 15) is 0 Å². The highest BCUT2D eigenvalue weighted by atomic mass is 35.5. The van der Waals surface area contributed by atoms with Gasteiger partial charge in [-0.15, -0.1) is 0 Å². The molecule has 5 aliphatic carbocycles. The van der Waals surface area contributed by atoms with Crippen molar-refractivity contribution in [1.82, 2.24) is 5.32 Å². The molecule has 0 saturated heterocycles. The van der Waals surface area contributed by atoms with Crippen LogP contribution in [0.15, 0.2) is 48.5 Å². The smallest absolute Gasteiger partial charge is 0.0406 e. The number of benzene rings is 2. The minimum Gasteiger partial charge on any atom is -0.311 e. The molecule has 4 bridgehead atoms. The lowest BCUT2D eigenvalue weighted by Gasteiger charge is -2.64. The van der Waals surface area contributed by atoms with Crippen LogP contribution in [-0.2, 0) is 18.3 Å². The second-order valence-corrected chi connectivity index (χ2v) is 11.6. The summed E-state index contributed by atoms with van der Waals surface area (Å²) >= 11 is 6.23. The third-order valence-corrected chi connectivity index (χ3v) is 9.57. The van der Waals surface area contributed by atoms with Crippen LogP contribution in [0.4, 0.5) is 0 Å². The van der Waals surface area contributed by atoms with E-state index in [4.69, 9.17) is 11.6 Å². The van der Waals surface area contributed by atoms with Gasteiger partial charge in [0.15, 0.2) is 0 Å². The lowest BCUT2D eigenvalue weighted by atomic mass is 9.41. The van der Waals surface area contributed by atoms with Gasteiger partial charge in [0.1, 0.15) is 0 Å². The fourth-order valence-corrected chi connectivity index (χ4v) is 8.48. The van der Waals surface area contributed by atoms with E-state index in [0.29, 0.717) is 22.9 Å². The molecule has 2 aromatic rings. The van der Waals surface area contributed by atoms with Crippen LogP contribution in [-0.4, -0.2) is 12.1 Å². The molecular formula is C28H34ClN. The van der Waals surface area contributed by atoms with E-state index >= 15 is 0 Å². The molecule has 0 unspecified atom stereocenters. The summed E-state index contributed by atoms with van der Waals surface area (Å²) in [6, 6.07) is 19.2. The molecule has 2 aromatic carbocycles. The Kier molecular flexibility index (Phi) is 4.59. The molecule has 4 saturated carbocycles. The van der Waals surface area contributed by atoms with Gasteiger partial charge in [-0.2, -0.15) is 0 Å². The van der Waals surface area contributed by atoms with Crippen molar-refractivity contribution in [2.75, 3.05) is 0 Å². The highest BCUT2D eigenvalue weighted by molar-refractivity contribution is 6.30. The van der Waals surface area contributed by atoms with Gasteiger partial charge in [0.05, 0.1) is 0 Å². The first kappa shape index (κ1) is 19.4. The van der Waals surface area contributed by atoms with Gasteiger partial charge >= 0.3 is 0 Å². The van der Waals surface area contributed by atoms with Gasteiger partial charge in [-0.05, 0) is 116 Å². The number of halogens is 1. The van der Waals surface area contributed by atoms with E-state index in [0.717, 1.165) is 16.9 Å². The van der Waals surface area contributed by atoms with Crippen LogP contribution in [0, 0.1) is 17.3 Å². The summed E-state index contributed by atoms with van der Waals surface area (Å²) in [5, 5.41) is 5.04. The lowest BCUT2D eigenvalue weighted by Crippen LogP contribution is -2.61. The monoisotopic (exact) mass is 419 g/mol. The number of hydrogen-bond donors (Lipinski definition) is 1. The van der Waals surface area contributed by atoms with Gasteiger partial charge in [0.2, 0.25) is 0 Å². The molecule has 1 N–H and O–H groups in total. The van der Waals surface area contributed by atoms with Crippen LogP contribution in [0.25, 0.3) is 0 Å². The maximum absolute atomic E-state index is 6.23. The van der Waals surface area contributed by atoms with Gasteiger partial charge in [-0.1, -0.05) is 48.0 Å². The molecule has 4 atom stereocenters. The van der Waals surface area contributed by atoms with E-state index in [-0.39, 0.29) is 0 Å². The summed E-state index contributed by atoms with van der Waals surface area (Å²) in [6.07, 6.45) is 12.2. The van der Waals surface area contributed by atoms with E-state index in [1.165, 1.54) is 57.8 Å². The van der Waals surface area contributed by atoms with Crippen LogP contribution in [0.1, 0.15) is 68.6 Å². The Bertz CT molecular complexity index is 918. The van der Waals surface area contributed by atoms with Crippen molar-refractivity contribution in [2.24, 2.45) is 17.3 Å². The Morgan fingerprint density at radius 1 is 0.933 bits per heavy atom. The molecule has 0 heterocycles. The van der Waals surface area contributed by atoms with Crippen molar-refractivity contribution in [1.29, 1.82) is 0 Å². The minimum absolute atomic E-state index is 0.393. The van der Waals surface area contributed by atoms with Crippen LogP contribution < -0.4 is 5.32 Å². The topological polar surface area (TPSA) is 12.0 Å². The second-order valence-electron chi connectivity index (χ2n) is 11.2. The van der Waals surface area contributed by atoms with Crippen molar-refractivity contribution in [2.45, 2.75) is 82.2 Å². The summed E-state index contributed by atoms with van der Waals surface area (Å²) in [5.41, 5.74) is 5.56. The molecule has 7 rings (SSSR count). The van der Waals surface area contributed by atoms with Gasteiger partial charge in [-0.25, -0.2) is 0 Å². The highest BCUT2D eigenvalue weighted by Crippen LogP contribution is 2.66. The van der Waals surface area contributed by atoms with Crippen molar-refractivity contribution in [3.8, 4) is 0 Å². The fourth-order valence-electron chi connectivity index (χ4n) is 8.35. The van der Waals surface area contributed by atoms with Crippen molar-refractivity contribution >= 4 is 11.6 Å². The minimum atomic E-state index is 0.393. The molecule has 0 aliphatic heterocycles. The zero-order chi connectivity index (χ0) is 20.3. The van der Waals surface area contributed by atoms with Crippen molar-refractivity contribution in [3.05, 3.63) is 70.2 Å². The Labute approximate surface area is 186 Å². The van der Waals surface area contributed by atoms with Gasteiger partial charge in [-0.3, -0.25) is 0 Å². The van der Waals surface area contributed by atoms with E-state index in [2.05, 4.69) is 60.8 Å². The number of rotatable bonds is 4. The Morgan fingerprint density at radius 3 is 2.37 bits per heavy atom. The molecule has 0 spiro atoms. The van der Waals surface area contributed by atoms with E-state index < -0.39 is 0 Å². The summed E-state index contributed by atoms with van der Waals surface area (Å²) in [4.78, 5) is 0. The van der Waals surface area contributed by atoms with Gasteiger partial charge in [0.25, 0.3) is 0 Å². The van der Waals surface area contributed by atoms with Crippen LogP contribution in [0.2, 0.25) is 5.02 Å². The third kappa shape index (κ3) is 3.16. The van der Waals surface area contributed by atoms with Gasteiger partial charge in [0, 0.05) is 17.1 Å². The summed E-state index contributed by atoms with van der Waals surface area (Å²) in [6.45, 7) is 2.52. The average molecular weight is 420 g/mol. The molecule has 158 valence electrons. The maximum Gasteiger partial charge on any atom is 0.0406 e. The Morgan fingerprint density at radius 2 is 1.63 bits per heavy atom. The highest BCUT2D eigenvalue weighted by Gasteiger charge is 2.59. The molecule has 30 heavy (non-hydrogen) atoms. The molecule has 0 amide bonds. The maximum atomic E-state index is 6.23. The predicted molar refractivity (Wildman–Crippen MR) is 125 cm³/mol. The average Bonchev–Trinajstić information content (AvgIpc) is 2.73. The van der Waals surface area contributed by atoms with Crippen LogP contribution in [0.5, 0.6) is 0 Å². The quantitative estimate of drug-likeness (QED) is 0.580. The first-order valence-electron chi connectivity index (χ1n) is 12.1. The zero-order valence-electron chi connectivity index (χ0n) is 18.2. The fraction of sp³-hybridized carbons (Fsp3) is 0.571.